The van der Waals surface area contributed by atoms with Crippen LogP contribution in [0.5, 0.6) is 0 Å². The number of hydrogen-bond donors (Lipinski definition) is 2. The minimum absolute atomic E-state index is 0.0143. The number of carboxylic acid groups (broad SMARTS) is 1. The van der Waals surface area contributed by atoms with Gasteiger partial charge in [0.05, 0.1) is 16.6 Å². The van der Waals surface area contributed by atoms with Crippen molar-refractivity contribution < 1.29 is 23.1 Å². The molecule has 0 aromatic heterocycles. The van der Waals surface area contributed by atoms with E-state index in [0.717, 1.165) is 0 Å². The lowest BCUT2D eigenvalue weighted by molar-refractivity contribution is -0.141. The van der Waals surface area contributed by atoms with Crippen LogP contribution in [0.15, 0.2) is 35.2 Å². The van der Waals surface area contributed by atoms with Crippen molar-refractivity contribution >= 4 is 21.7 Å². The predicted octanol–water partition coefficient (Wildman–Crippen LogP) is 0.687. The molecule has 1 atom stereocenters. The van der Waals surface area contributed by atoms with Crippen LogP contribution in [-0.2, 0) is 19.4 Å². The summed E-state index contributed by atoms with van der Waals surface area (Å²) < 4.78 is 23.8. The number of hydrogen-bond acceptors (Lipinski definition) is 4. The van der Waals surface area contributed by atoms with Crippen molar-refractivity contribution in [2.45, 2.75) is 18.2 Å². The van der Waals surface area contributed by atoms with E-state index in [-0.39, 0.29) is 23.6 Å². The SMILES string of the molecule is CC(CNC(=O)CCS(=O)(=O)c1ccccc1)C(=O)O. The molecule has 0 aliphatic heterocycles. The third-order valence-electron chi connectivity index (χ3n) is 2.73. The summed E-state index contributed by atoms with van der Waals surface area (Å²) in [7, 11) is -3.49. The summed E-state index contributed by atoms with van der Waals surface area (Å²) in [6.07, 6.45) is -0.191. The van der Waals surface area contributed by atoms with E-state index in [1.807, 2.05) is 0 Å². The molecule has 0 saturated carbocycles. The fraction of sp³-hybridized carbons (Fsp3) is 0.385. The number of nitrogens with one attached hydrogen (secondary N) is 1. The zero-order valence-corrected chi connectivity index (χ0v) is 11.9. The molecule has 0 saturated heterocycles. The molecule has 0 spiro atoms. The van der Waals surface area contributed by atoms with E-state index < -0.39 is 27.6 Å². The molecule has 1 amide bonds. The van der Waals surface area contributed by atoms with Crippen molar-refractivity contribution in [1.29, 1.82) is 0 Å². The van der Waals surface area contributed by atoms with E-state index in [0.29, 0.717) is 0 Å². The van der Waals surface area contributed by atoms with Gasteiger partial charge in [-0.3, -0.25) is 9.59 Å². The third-order valence-corrected chi connectivity index (χ3v) is 4.46. The van der Waals surface area contributed by atoms with Crippen LogP contribution in [0.25, 0.3) is 0 Å². The van der Waals surface area contributed by atoms with Gasteiger partial charge in [-0.05, 0) is 12.1 Å². The minimum Gasteiger partial charge on any atom is -0.481 e. The second-order valence-electron chi connectivity index (χ2n) is 4.43. The number of carbonyl (C=O) groups excluding carboxylic acids is 1. The number of amides is 1. The Labute approximate surface area is 117 Å². The lowest BCUT2D eigenvalue weighted by Gasteiger charge is -2.08. The van der Waals surface area contributed by atoms with Crippen molar-refractivity contribution in [2.75, 3.05) is 12.3 Å². The molecular weight excluding hydrogens is 282 g/mol. The Bertz CT molecular complexity index is 568. The first-order valence-corrected chi connectivity index (χ1v) is 7.75. The lowest BCUT2D eigenvalue weighted by Crippen LogP contribution is -2.32. The third kappa shape index (κ3) is 5.00. The highest BCUT2D eigenvalue weighted by Gasteiger charge is 2.17. The van der Waals surface area contributed by atoms with Gasteiger partial charge in [0.1, 0.15) is 0 Å². The van der Waals surface area contributed by atoms with E-state index in [1.54, 1.807) is 18.2 Å². The van der Waals surface area contributed by atoms with E-state index in [1.165, 1.54) is 19.1 Å². The lowest BCUT2D eigenvalue weighted by atomic mass is 10.2. The summed E-state index contributed by atoms with van der Waals surface area (Å²) in [5.74, 6) is -2.49. The average Bonchev–Trinajstić information content (AvgIpc) is 2.43. The van der Waals surface area contributed by atoms with Gasteiger partial charge in [-0.25, -0.2) is 8.42 Å². The molecule has 1 unspecified atom stereocenters. The van der Waals surface area contributed by atoms with Crippen LogP contribution in [0.1, 0.15) is 13.3 Å². The Kier molecular flexibility index (Phi) is 5.69. The first-order valence-electron chi connectivity index (χ1n) is 6.10. The molecule has 1 aromatic carbocycles. The highest BCUT2D eigenvalue weighted by molar-refractivity contribution is 7.91. The van der Waals surface area contributed by atoms with Crippen molar-refractivity contribution in [3.63, 3.8) is 0 Å². The highest BCUT2D eigenvalue weighted by atomic mass is 32.2. The molecular formula is C13H17NO5S. The number of aliphatic carboxylic acids is 1. The first kappa shape index (κ1) is 16.2. The molecule has 1 aromatic rings. The molecule has 1 rings (SSSR count). The molecule has 0 bridgehead atoms. The van der Waals surface area contributed by atoms with Crippen molar-refractivity contribution in [1.82, 2.24) is 5.32 Å². The molecule has 0 aliphatic rings. The van der Waals surface area contributed by atoms with Crippen LogP contribution in [0.4, 0.5) is 0 Å². The van der Waals surface area contributed by atoms with Gasteiger partial charge < -0.3 is 10.4 Å². The maximum Gasteiger partial charge on any atom is 0.308 e. The van der Waals surface area contributed by atoms with Gasteiger partial charge >= 0.3 is 5.97 Å². The van der Waals surface area contributed by atoms with Crippen LogP contribution < -0.4 is 5.32 Å². The number of carbonyl (C=O) groups is 2. The molecule has 6 nitrogen and oxygen atoms in total. The Morgan fingerprint density at radius 3 is 2.40 bits per heavy atom. The number of rotatable bonds is 7. The fourth-order valence-corrected chi connectivity index (χ4v) is 2.68. The van der Waals surface area contributed by atoms with Gasteiger partial charge in [0.2, 0.25) is 5.91 Å². The number of sulfone groups is 1. The van der Waals surface area contributed by atoms with Gasteiger partial charge in [0.15, 0.2) is 9.84 Å². The predicted molar refractivity (Wildman–Crippen MR) is 72.9 cm³/mol. The molecule has 0 fully saturated rings. The highest BCUT2D eigenvalue weighted by Crippen LogP contribution is 2.10. The standard InChI is InChI=1S/C13H17NO5S/c1-10(13(16)17)9-14-12(15)7-8-20(18,19)11-5-3-2-4-6-11/h2-6,10H,7-9H2,1H3,(H,14,15)(H,16,17). The van der Waals surface area contributed by atoms with E-state index in [9.17, 15) is 18.0 Å². The number of benzene rings is 1. The molecule has 110 valence electrons. The fourth-order valence-electron chi connectivity index (χ4n) is 1.42. The average molecular weight is 299 g/mol. The summed E-state index contributed by atoms with van der Waals surface area (Å²) in [6.45, 7) is 1.45. The van der Waals surface area contributed by atoms with Crippen LogP contribution in [-0.4, -0.2) is 37.7 Å². The van der Waals surface area contributed by atoms with Gasteiger partial charge in [0.25, 0.3) is 0 Å². The van der Waals surface area contributed by atoms with Crippen LogP contribution in [0.2, 0.25) is 0 Å². The summed E-state index contributed by atoms with van der Waals surface area (Å²) in [6, 6.07) is 7.88. The van der Waals surface area contributed by atoms with Crippen molar-refractivity contribution in [3.05, 3.63) is 30.3 Å². The van der Waals surface area contributed by atoms with Gasteiger partial charge in [-0.1, -0.05) is 25.1 Å². The van der Waals surface area contributed by atoms with E-state index >= 15 is 0 Å². The van der Waals surface area contributed by atoms with Crippen molar-refractivity contribution in [3.8, 4) is 0 Å². The van der Waals surface area contributed by atoms with Crippen LogP contribution in [0, 0.1) is 5.92 Å². The molecule has 7 heteroatoms. The second-order valence-corrected chi connectivity index (χ2v) is 6.53. The topological polar surface area (TPSA) is 101 Å². The van der Waals surface area contributed by atoms with Crippen LogP contribution >= 0.6 is 0 Å². The smallest absolute Gasteiger partial charge is 0.308 e. The van der Waals surface area contributed by atoms with Gasteiger partial charge in [-0.15, -0.1) is 0 Å². The Hall–Kier alpha value is -1.89. The van der Waals surface area contributed by atoms with Crippen molar-refractivity contribution in [2.24, 2.45) is 5.92 Å². The van der Waals surface area contributed by atoms with Gasteiger partial charge in [-0.2, -0.15) is 0 Å². The normalized spacial score (nSPS) is 12.7. The van der Waals surface area contributed by atoms with Gasteiger partial charge in [0, 0.05) is 13.0 Å². The van der Waals surface area contributed by atoms with Crippen LogP contribution in [0.3, 0.4) is 0 Å². The maximum atomic E-state index is 11.9. The maximum absolute atomic E-state index is 11.9. The minimum atomic E-state index is -3.49. The zero-order chi connectivity index (χ0) is 15.2. The first-order chi connectivity index (χ1) is 9.33. The Morgan fingerprint density at radius 1 is 1.25 bits per heavy atom. The molecule has 0 heterocycles. The monoisotopic (exact) mass is 299 g/mol. The quantitative estimate of drug-likeness (QED) is 0.771. The summed E-state index contributed by atoms with van der Waals surface area (Å²) in [4.78, 5) is 22.2. The summed E-state index contributed by atoms with van der Waals surface area (Å²) >= 11 is 0. The largest absolute Gasteiger partial charge is 0.481 e. The summed E-state index contributed by atoms with van der Waals surface area (Å²) in [5.41, 5.74) is 0. The van der Waals surface area contributed by atoms with E-state index in [2.05, 4.69) is 5.32 Å². The van der Waals surface area contributed by atoms with E-state index in [4.69, 9.17) is 5.11 Å². The molecule has 0 aliphatic carbocycles. The molecule has 20 heavy (non-hydrogen) atoms. The Morgan fingerprint density at radius 2 is 1.85 bits per heavy atom. The Balaban J connectivity index is 2.47. The second kappa shape index (κ2) is 7.04. The molecule has 2 N–H and O–H groups in total. The number of carboxylic acids is 1. The zero-order valence-electron chi connectivity index (χ0n) is 11.1. The summed E-state index contributed by atoms with van der Waals surface area (Å²) in [5, 5.41) is 11.1. The molecule has 0 radical (unpaired) electrons.